The van der Waals surface area contributed by atoms with E-state index in [0.717, 1.165) is 12.8 Å². The van der Waals surface area contributed by atoms with E-state index in [1.54, 1.807) is 24.3 Å². The third-order valence-corrected chi connectivity index (χ3v) is 3.37. The van der Waals surface area contributed by atoms with Crippen molar-refractivity contribution in [2.24, 2.45) is 4.99 Å². The minimum atomic E-state index is -0.523. The number of aliphatic imine (C=N–C) groups is 1. The molecule has 0 saturated carbocycles. The third kappa shape index (κ3) is 5.66. The Kier molecular flexibility index (Phi) is 6.68. The maximum Gasteiger partial charge on any atom is 0.411 e. The second-order valence-corrected chi connectivity index (χ2v) is 5.21. The number of benzene rings is 1. The Bertz CT molecular complexity index is 705. The van der Waals surface area contributed by atoms with Gasteiger partial charge in [0.25, 0.3) is 0 Å². The van der Waals surface area contributed by atoms with Crippen LogP contribution in [0.15, 0.2) is 53.8 Å². The van der Waals surface area contributed by atoms with Crippen molar-refractivity contribution in [3.05, 3.63) is 54.4 Å². The van der Waals surface area contributed by atoms with E-state index in [9.17, 15) is 9.59 Å². The van der Waals surface area contributed by atoms with E-state index in [4.69, 9.17) is 4.74 Å². The van der Waals surface area contributed by atoms with Gasteiger partial charge in [0.2, 0.25) is 6.08 Å². The van der Waals surface area contributed by atoms with E-state index in [1.807, 2.05) is 17.0 Å². The molecule has 0 atom stereocenters. The highest BCUT2D eigenvalue weighted by atomic mass is 16.5. The van der Waals surface area contributed by atoms with Gasteiger partial charge in [-0.2, -0.15) is 4.99 Å². The molecule has 0 saturated heterocycles. The number of isocyanates is 1. The first-order valence-corrected chi connectivity index (χ1v) is 7.81. The predicted octanol–water partition coefficient (Wildman–Crippen LogP) is 3.14. The average Bonchev–Trinajstić information content (AvgIpc) is 2.59. The van der Waals surface area contributed by atoms with Crippen LogP contribution in [0.5, 0.6) is 0 Å². The Morgan fingerprint density at radius 1 is 1.21 bits per heavy atom. The molecule has 0 spiro atoms. The standard InChI is InChI=1S/C18H19N3O3/c1-2-3-15-8-10-21(11-9-15)12-13-24-18(23)20-17-6-4-16(5-7-17)19-14-22/h4-11H,2-3,12-13H2,1H3/p+1. The number of pyridine rings is 1. The first-order valence-electron chi connectivity index (χ1n) is 7.81. The summed E-state index contributed by atoms with van der Waals surface area (Å²) in [5, 5.41) is 2.61. The molecule has 1 heterocycles. The summed E-state index contributed by atoms with van der Waals surface area (Å²) in [6.45, 7) is 3.01. The number of hydrogen-bond donors (Lipinski definition) is 1. The van der Waals surface area contributed by atoms with Crippen molar-refractivity contribution >= 4 is 23.5 Å². The minimum Gasteiger partial charge on any atom is -0.443 e. The molecule has 1 amide bonds. The van der Waals surface area contributed by atoms with Crippen LogP contribution in [0.1, 0.15) is 18.9 Å². The van der Waals surface area contributed by atoms with Crippen molar-refractivity contribution < 1.29 is 18.9 Å². The number of ether oxygens (including phenoxy) is 1. The molecule has 2 rings (SSSR count). The lowest BCUT2D eigenvalue weighted by atomic mass is 10.2. The zero-order valence-electron chi connectivity index (χ0n) is 13.6. The molecule has 0 bridgehead atoms. The van der Waals surface area contributed by atoms with Crippen LogP contribution in [-0.4, -0.2) is 18.8 Å². The summed E-state index contributed by atoms with van der Waals surface area (Å²) in [6.07, 6.45) is 7.09. The minimum absolute atomic E-state index is 0.275. The molecule has 0 unspecified atom stereocenters. The molecule has 1 aromatic heterocycles. The number of amides is 1. The van der Waals surface area contributed by atoms with E-state index in [-0.39, 0.29) is 6.61 Å². The van der Waals surface area contributed by atoms with Crippen molar-refractivity contribution in [3.8, 4) is 0 Å². The van der Waals surface area contributed by atoms with Gasteiger partial charge in [-0.25, -0.2) is 14.2 Å². The second kappa shape index (κ2) is 9.22. The first kappa shape index (κ1) is 17.4. The van der Waals surface area contributed by atoms with Crippen LogP contribution in [0.4, 0.5) is 16.2 Å². The van der Waals surface area contributed by atoms with Gasteiger partial charge in [0.15, 0.2) is 25.5 Å². The molecule has 0 fully saturated rings. The smallest absolute Gasteiger partial charge is 0.411 e. The van der Waals surface area contributed by atoms with E-state index < -0.39 is 6.09 Å². The molecule has 0 aliphatic rings. The maximum atomic E-state index is 11.7. The van der Waals surface area contributed by atoms with Crippen LogP contribution in [0.25, 0.3) is 0 Å². The molecule has 0 aliphatic carbocycles. The number of hydrogen-bond acceptors (Lipinski definition) is 4. The zero-order chi connectivity index (χ0) is 17.2. The van der Waals surface area contributed by atoms with Crippen LogP contribution in [0, 0.1) is 0 Å². The SMILES string of the molecule is CCCc1cc[n+](CCOC(=O)Nc2ccc(N=C=O)cc2)cc1. The lowest BCUT2D eigenvalue weighted by Crippen LogP contribution is -2.36. The third-order valence-electron chi connectivity index (χ3n) is 3.37. The van der Waals surface area contributed by atoms with E-state index in [0.29, 0.717) is 17.9 Å². The molecule has 1 N–H and O–H groups in total. The molecule has 2 aromatic rings. The molecule has 124 valence electrons. The van der Waals surface area contributed by atoms with Crippen LogP contribution in [0.3, 0.4) is 0 Å². The van der Waals surface area contributed by atoms with Gasteiger partial charge < -0.3 is 4.74 Å². The van der Waals surface area contributed by atoms with Crippen molar-refractivity contribution in [1.82, 2.24) is 0 Å². The summed E-state index contributed by atoms with van der Waals surface area (Å²) in [5.74, 6) is 0. The number of anilines is 1. The van der Waals surface area contributed by atoms with Crippen molar-refractivity contribution in [3.63, 3.8) is 0 Å². The number of aryl methyl sites for hydroxylation is 1. The summed E-state index contributed by atoms with van der Waals surface area (Å²) in [7, 11) is 0. The normalized spacial score (nSPS) is 9.88. The Morgan fingerprint density at radius 2 is 1.92 bits per heavy atom. The summed E-state index contributed by atoms with van der Waals surface area (Å²) in [6, 6.07) is 10.6. The second-order valence-electron chi connectivity index (χ2n) is 5.21. The quantitative estimate of drug-likeness (QED) is 0.483. The molecular weight excluding hydrogens is 306 g/mol. The van der Waals surface area contributed by atoms with Gasteiger partial charge in [0.1, 0.15) is 0 Å². The monoisotopic (exact) mass is 326 g/mol. The molecular formula is C18H20N3O3+. The number of carbonyl (C=O) groups excluding carboxylic acids is 2. The number of carbonyl (C=O) groups is 1. The molecule has 6 nitrogen and oxygen atoms in total. The summed E-state index contributed by atoms with van der Waals surface area (Å²) < 4.78 is 7.12. The highest BCUT2D eigenvalue weighted by Crippen LogP contribution is 2.15. The first-order chi connectivity index (χ1) is 11.7. The fraction of sp³-hybridized carbons (Fsp3) is 0.278. The number of aromatic nitrogens is 1. The highest BCUT2D eigenvalue weighted by Gasteiger charge is 2.06. The lowest BCUT2D eigenvalue weighted by Gasteiger charge is -2.06. The number of nitrogens with zero attached hydrogens (tertiary/aromatic N) is 2. The van der Waals surface area contributed by atoms with E-state index in [2.05, 4.69) is 29.4 Å². The average molecular weight is 326 g/mol. The van der Waals surface area contributed by atoms with Gasteiger partial charge in [-0.15, -0.1) is 0 Å². The Morgan fingerprint density at radius 3 is 2.54 bits per heavy atom. The molecule has 1 aromatic carbocycles. The number of nitrogens with one attached hydrogen (secondary N) is 1. The van der Waals surface area contributed by atoms with Gasteiger partial charge in [0, 0.05) is 17.8 Å². The largest absolute Gasteiger partial charge is 0.443 e. The van der Waals surface area contributed by atoms with Crippen LogP contribution < -0.4 is 9.88 Å². The highest BCUT2D eigenvalue weighted by molar-refractivity contribution is 5.84. The van der Waals surface area contributed by atoms with E-state index >= 15 is 0 Å². The maximum absolute atomic E-state index is 11.7. The van der Waals surface area contributed by atoms with Crippen LogP contribution in [-0.2, 0) is 22.5 Å². The van der Waals surface area contributed by atoms with Crippen molar-refractivity contribution in [1.29, 1.82) is 0 Å². The number of rotatable bonds is 7. The molecule has 0 radical (unpaired) electrons. The molecule has 24 heavy (non-hydrogen) atoms. The Hall–Kier alpha value is -2.98. The topological polar surface area (TPSA) is 71.6 Å². The van der Waals surface area contributed by atoms with Crippen LogP contribution >= 0.6 is 0 Å². The Balaban J connectivity index is 1.75. The lowest BCUT2D eigenvalue weighted by molar-refractivity contribution is -0.697. The molecule has 0 aliphatic heterocycles. The van der Waals surface area contributed by atoms with Gasteiger partial charge in [-0.3, -0.25) is 5.32 Å². The Labute approximate surface area is 140 Å². The molecule has 6 heteroatoms. The van der Waals surface area contributed by atoms with Crippen LogP contribution in [0.2, 0.25) is 0 Å². The zero-order valence-corrected chi connectivity index (χ0v) is 13.6. The van der Waals surface area contributed by atoms with Crippen molar-refractivity contribution in [2.45, 2.75) is 26.3 Å². The van der Waals surface area contributed by atoms with Gasteiger partial charge >= 0.3 is 6.09 Å². The van der Waals surface area contributed by atoms with Gasteiger partial charge in [-0.1, -0.05) is 13.3 Å². The van der Waals surface area contributed by atoms with Gasteiger partial charge in [0.05, 0.1) is 5.69 Å². The fourth-order valence-electron chi connectivity index (χ4n) is 2.16. The summed E-state index contributed by atoms with van der Waals surface area (Å²) >= 11 is 0. The van der Waals surface area contributed by atoms with E-state index in [1.165, 1.54) is 11.6 Å². The van der Waals surface area contributed by atoms with Gasteiger partial charge in [-0.05, 0) is 36.2 Å². The van der Waals surface area contributed by atoms with Crippen molar-refractivity contribution in [2.75, 3.05) is 11.9 Å². The summed E-state index contributed by atoms with van der Waals surface area (Å²) in [5.41, 5.74) is 2.35. The fourth-order valence-corrected chi connectivity index (χ4v) is 2.16. The predicted molar refractivity (Wildman–Crippen MR) is 89.8 cm³/mol. The summed E-state index contributed by atoms with van der Waals surface area (Å²) in [4.78, 5) is 25.3.